The highest BCUT2D eigenvalue weighted by atomic mass is 32.2. The van der Waals surface area contributed by atoms with Crippen LogP contribution in [0.25, 0.3) is 6.08 Å². The highest BCUT2D eigenvalue weighted by Crippen LogP contribution is 2.33. The van der Waals surface area contributed by atoms with Gasteiger partial charge in [0.05, 0.1) is 19.1 Å². The van der Waals surface area contributed by atoms with Gasteiger partial charge in [-0.25, -0.2) is 0 Å². The molecule has 0 aromatic heterocycles. The molecule has 2 aromatic rings. The quantitative estimate of drug-likeness (QED) is 0.586. The van der Waals surface area contributed by atoms with Crippen LogP contribution in [0, 0.1) is 0 Å². The number of rotatable bonds is 6. The van der Waals surface area contributed by atoms with E-state index in [1.807, 2.05) is 24.3 Å². The fourth-order valence-corrected chi connectivity index (χ4v) is 4.04. The van der Waals surface area contributed by atoms with Gasteiger partial charge in [0.2, 0.25) is 0 Å². The molecule has 1 aliphatic rings. The van der Waals surface area contributed by atoms with Gasteiger partial charge in [-0.05, 0) is 47.9 Å². The van der Waals surface area contributed by atoms with Crippen LogP contribution in [0.1, 0.15) is 11.1 Å². The van der Waals surface area contributed by atoms with Crippen LogP contribution in [-0.4, -0.2) is 41.0 Å². The summed E-state index contributed by atoms with van der Waals surface area (Å²) in [5.41, 5.74) is 1.79. The maximum Gasteiger partial charge on any atom is 0.266 e. The van der Waals surface area contributed by atoms with Crippen LogP contribution in [0.4, 0.5) is 0 Å². The zero-order valence-corrected chi connectivity index (χ0v) is 16.6. The Kier molecular flexibility index (Phi) is 6.03. The molecule has 140 valence electrons. The van der Waals surface area contributed by atoms with E-state index < -0.39 is 0 Å². The number of amides is 1. The number of methoxy groups -OCH3 is 2. The Hall–Kier alpha value is -2.51. The summed E-state index contributed by atoms with van der Waals surface area (Å²) < 4.78 is 11.1. The number of hydrogen-bond donors (Lipinski definition) is 1. The van der Waals surface area contributed by atoms with Crippen molar-refractivity contribution >= 4 is 40.3 Å². The molecule has 0 saturated carbocycles. The van der Waals surface area contributed by atoms with Crippen LogP contribution in [0.2, 0.25) is 0 Å². The molecule has 1 N–H and O–H groups in total. The Morgan fingerprint density at radius 2 is 1.93 bits per heavy atom. The molecule has 0 radical (unpaired) electrons. The van der Waals surface area contributed by atoms with Crippen LogP contribution < -0.4 is 9.47 Å². The Bertz CT molecular complexity index is 911. The molecule has 7 heteroatoms. The fourth-order valence-electron chi connectivity index (χ4n) is 2.74. The van der Waals surface area contributed by atoms with Crippen molar-refractivity contribution in [2.45, 2.75) is 6.42 Å². The van der Waals surface area contributed by atoms with Crippen molar-refractivity contribution in [3.05, 3.63) is 58.5 Å². The third kappa shape index (κ3) is 4.43. The van der Waals surface area contributed by atoms with Crippen molar-refractivity contribution < 1.29 is 19.4 Å². The monoisotopic (exact) mass is 401 g/mol. The maximum atomic E-state index is 12.7. The lowest BCUT2D eigenvalue weighted by Gasteiger charge is -2.15. The Balaban J connectivity index is 1.71. The molecule has 27 heavy (non-hydrogen) atoms. The molecule has 1 fully saturated rings. The smallest absolute Gasteiger partial charge is 0.266 e. The minimum atomic E-state index is -0.117. The summed E-state index contributed by atoms with van der Waals surface area (Å²) in [6, 6.07) is 12.5. The second-order valence-electron chi connectivity index (χ2n) is 5.87. The molecule has 0 atom stereocenters. The summed E-state index contributed by atoms with van der Waals surface area (Å²) in [6.07, 6.45) is 2.39. The number of thioether (sulfide) groups is 1. The van der Waals surface area contributed by atoms with E-state index in [1.165, 1.54) is 11.8 Å². The topological polar surface area (TPSA) is 59.0 Å². The van der Waals surface area contributed by atoms with Crippen LogP contribution in [0.3, 0.4) is 0 Å². The fraction of sp³-hybridized carbons (Fsp3) is 0.200. The van der Waals surface area contributed by atoms with Gasteiger partial charge in [0.1, 0.15) is 10.1 Å². The number of aromatic hydroxyl groups is 1. The molecule has 0 spiro atoms. The Labute approximate surface area is 167 Å². The van der Waals surface area contributed by atoms with Crippen molar-refractivity contribution in [3.8, 4) is 17.2 Å². The lowest BCUT2D eigenvalue weighted by atomic mass is 10.1. The number of thiocarbonyl (C=S) groups is 1. The molecule has 5 nitrogen and oxygen atoms in total. The highest BCUT2D eigenvalue weighted by Gasteiger charge is 2.31. The number of benzene rings is 2. The van der Waals surface area contributed by atoms with Crippen molar-refractivity contribution in [2.24, 2.45) is 0 Å². The summed E-state index contributed by atoms with van der Waals surface area (Å²) >= 11 is 6.65. The lowest BCUT2D eigenvalue weighted by Crippen LogP contribution is -2.30. The number of carbonyl (C=O) groups is 1. The van der Waals surface area contributed by atoms with Gasteiger partial charge in [0.15, 0.2) is 11.5 Å². The van der Waals surface area contributed by atoms with E-state index in [4.69, 9.17) is 21.7 Å². The molecular formula is C20H19NO4S2. The molecule has 0 bridgehead atoms. The van der Waals surface area contributed by atoms with Crippen LogP contribution in [0.15, 0.2) is 47.4 Å². The Morgan fingerprint density at radius 1 is 1.15 bits per heavy atom. The first-order valence-corrected chi connectivity index (χ1v) is 9.49. The minimum absolute atomic E-state index is 0.117. The number of nitrogens with zero attached hydrogens (tertiary/aromatic N) is 1. The maximum absolute atomic E-state index is 12.7. The van der Waals surface area contributed by atoms with Crippen molar-refractivity contribution in [1.82, 2.24) is 4.90 Å². The van der Waals surface area contributed by atoms with E-state index >= 15 is 0 Å². The van der Waals surface area contributed by atoms with Crippen molar-refractivity contribution in [2.75, 3.05) is 20.8 Å². The molecule has 0 unspecified atom stereocenters. The van der Waals surface area contributed by atoms with Gasteiger partial charge in [-0.1, -0.05) is 42.2 Å². The third-order valence-corrected chi connectivity index (χ3v) is 5.49. The summed E-state index contributed by atoms with van der Waals surface area (Å²) in [5.74, 6) is 1.37. The molecular weight excluding hydrogens is 382 g/mol. The van der Waals surface area contributed by atoms with Crippen molar-refractivity contribution in [1.29, 1.82) is 0 Å². The van der Waals surface area contributed by atoms with E-state index in [-0.39, 0.29) is 11.7 Å². The van der Waals surface area contributed by atoms with E-state index in [0.29, 0.717) is 33.7 Å². The van der Waals surface area contributed by atoms with Crippen LogP contribution in [0.5, 0.6) is 17.2 Å². The van der Waals surface area contributed by atoms with Gasteiger partial charge in [0, 0.05) is 6.54 Å². The molecule has 1 aliphatic heterocycles. The third-order valence-electron chi connectivity index (χ3n) is 4.11. The molecule has 1 heterocycles. The molecule has 1 amide bonds. The predicted molar refractivity (Wildman–Crippen MR) is 111 cm³/mol. The average molecular weight is 402 g/mol. The summed E-state index contributed by atoms with van der Waals surface area (Å²) in [4.78, 5) is 14.8. The second kappa shape index (κ2) is 8.45. The normalized spacial score (nSPS) is 15.5. The average Bonchev–Trinajstić information content (AvgIpc) is 2.92. The van der Waals surface area contributed by atoms with Crippen LogP contribution in [-0.2, 0) is 11.2 Å². The van der Waals surface area contributed by atoms with Gasteiger partial charge >= 0.3 is 0 Å². The van der Waals surface area contributed by atoms with Crippen LogP contribution >= 0.6 is 24.0 Å². The zero-order valence-electron chi connectivity index (χ0n) is 15.0. The SMILES string of the molecule is COc1ccc(CCN2C(=O)C(=Cc3cccc(O)c3)SC2=S)cc1OC. The van der Waals surface area contributed by atoms with Gasteiger partial charge < -0.3 is 14.6 Å². The predicted octanol–water partition coefficient (Wildman–Crippen LogP) is 3.85. The molecule has 2 aromatic carbocycles. The summed E-state index contributed by atoms with van der Waals surface area (Å²) in [6.45, 7) is 0.484. The first kappa shape index (κ1) is 19.3. The molecule has 1 saturated heterocycles. The number of phenolic OH excluding ortho intramolecular Hbond substituents is 1. The van der Waals surface area contributed by atoms with E-state index in [2.05, 4.69) is 0 Å². The first-order chi connectivity index (χ1) is 13.0. The minimum Gasteiger partial charge on any atom is -0.508 e. The standard InChI is InChI=1S/C20H19NO4S2/c1-24-16-7-6-13(11-17(16)25-2)8-9-21-19(23)18(27-20(21)26)12-14-4-3-5-15(22)10-14/h3-7,10-12,22H,8-9H2,1-2H3. The van der Waals surface area contributed by atoms with Gasteiger partial charge in [-0.2, -0.15) is 0 Å². The first-order valence-electron chi connectivity index (χ1n) is 8.27. The van der Waals surface area contributed by atoms with Gasteiger partial charge in [-0.15, -0.1) is 0 Å². The molecule has 3 rings (SSSR count). The number of carbonyl (C=O) groups excluding carboxylic acids is 1. The van der Waals surface area contributed by atoms with E-state index in [0.717, 1.165) is 11.1 Å². The lowest BCUT2D eigenvalue weighted by molar-refractivity contribution is -0.122. The second-order valence-corrected chi connectivity index (χ2v) is 7.54. The zero-order chi connectivity index (χ0) is 19.4. The highest BCUT2D eigenvalue weighted by molar-refractivity contribution is 8.26. The number of ether oxygens (including phenoxy) is 2. The van der Waals surface area contributed by atoms with Gasteiger partial charge in [0.25, 0.3) is 5.91 Å². The van der Waals surface area contributed by atoms with Crippen molar-refractivity contribution in [3.63, 3.8) is 0 Å². The number of phenols is 1. The summed E-state index contributed by atoms with van der Waals surface area (Å²) in [5, 5.41) is 9.57. The number of hydrogen-bond acceptors (Lipinski definition) is 6. The van der Waals surface area contributed by atoms with Gasteiger partial charge in [-0.3, -0.25) is 9.69 Å². The Morgan fingerprint density at radius 3 is 2.63 bits per heavy atom. The summed E-state index contributed by atoms with van der Waals surface area (Å²) in [7, 11) is 3.19. The van der Waals surface area contributed by atoms with E-state index in [1.54, 1.807) is 43.4 Å². The van der Waals surface area contributed by atoms with E-state index in [9.17, 15) is 9.90 Å². The molecule has 0 aliphatic carbocycles. The largest absolute Gasteiger partial charge is 0.508 e.